The van der Waals surface area contributed by atoms with Gasteiger partial charge in [0.1, 0.15) is 0 Å². The van der Waals surface area contributed by atoms with Crippen LogP contribution in [0.3, 0.4) is 0 Å². The van der Waals surface area contributed by atoms with Gasteiger partial charge in [0.15, 0.2) is 5.96 Å². The topological polar surface area (TPSA) is 59.6 Å². The maximum atomic E-state index is 5.97. The molecule has 136 valence electrons. The van der Waals surface area contributed by atoms with Crippen LogP contribution in [0.4, 0.5) is 5.69 Å². The van der Waals surface area contributed by atoms with Gasteiger partial charge in [-0.3, -0.25) is 4.99 Å². The van der Waals surface area contributed by atoms with Crippen molar-refractivity contribution < 1.29 is 4.74 Å². The Morgan fingerprint density at radius 2 is 1.72 bits per heavy atom. The molecule has 0 bridgehead atoms. The Kier molecular flexibility index (Phi) is 10.9. The lowest BCUT2D eigenvalue weighted by Gasteiger charge is -2.10. The van der Waals surface area contributed by atoms with Crippen molar-refractivity contribution in [3.8, 4) is 0 Å². The van der Waals surface area contributed by atoms with Crippen LogP contribution in [0.25, 0.3) is 0 Å². The SMILES string of the molecule is COCc1ccccc1NC(N)=NCCCCCc1ccccc1.I. The van der Waals surface area contributed by atoms with E-state index in [2.05, 4.69) is 40.6 Å². The third kappa shape index (κ3) is 8.36. The Bertz CT molecular complexity index is 632. The van der Waals surface area contributed by atoms with Gasteiger partial charge in [0.05, 0.1) is 6.61 Å². The highest BCUT2D eigenvalue weighted by molar-refractivity contribution is 14.0. The molecule has 0 atom stereocenters. The smallest absolute Gasteiger partial charge is 0.193 e. The number of para-hydroxylation sites is 1. The van der Waals surface area contributed by atoms with Crippen LogP contribution in [0, 0.1) is 0 Å². The van der Waals surface area contributed by atoms with Crippen molar-refractivity contribution in [3.63, 3.8) is 0 Å². The molecular weight excluding hydrogens is 425 g/mol. The van der Waals surface area contributed by atoms with Gasteiger partial charge < -0.3 is 15.8 Å². The quantitative estimate of drug-likeness (QED) is 0.253. The van der Waals surface area contributed by atoms with Crippen molar-refractivity contribution in [2.24, 2.45) is 10.7 Å². The van der Waals surface area contributed by atoms with Crippen molar-refractivity contribution in [1.29, 1.82) is 0 Å². The predicted molar refractivity (Wildman–Crippen MR) is 117 cm³/mol. The predicted octanol–water partition coefficient (Wildman–Crippen LogP) is 4.59. The maximum absolute atomic E-state index is 5.97. The van der Waals surface area contributed by atoms with Crippen molar-refractivity contribution in [2.75, 3.05) is 19.0 Å². The van der Waals surface area contributed by atoms with Crippen LogP contribution in [-0.4, -0.2) is 19.6 Å². The highest BCUT2D eigenvalue weighted by atomic mass is 127. The van der Waals surface area contributed by atoms with Gasteiger partial charge in [0.25, 0.3) is 0 Å². The molecule has 0 saturated carbocycles. The van der Waals surface area contributed by atoms with Crippen molar-refractivity contribution in [3.05, 3.63) is 65.7 Å². The van der Waals surface area contributed by atoms with Gasteiger partial charge in [-0.2, -0.15) is 0 Å². The first kappa shape index (κ1) is 21.4. The molecule has 4 nitrogen and oxygen atoms in total. The molecule has 0 aliphatic rings. The van der Waals surface area contributed by atoms with E-state index in [0.717, 1.165) is 37.1 Å². The molecule has 0 aliphatic heterocycles. The third-order valence-corrected chi connectivity index (χ3v) is 3.83. The van der Waals surface area contributed by atoms with Crippen LogP contribution < -0.4 is 11.1 Å². The molecule has 0 heterocycles. The molecule has 2 aromatic rings. The molecule has 25 heavy (non-hydrogen) atoms. The zero-order chi connectivity index (χ0) is 17.0. The number of benzene rings is 2. The molecule has 0 spiro atoms. The van der Waals surface area contributed by atoms with Crippen molar-refractivity contribution in [1.82, 2.24) is 0 Å². The first-order chi connectivity index (χ1) is 11.8. The van der Waals surface area contributed by atoms with E-state index in [1.807, 2.05) is 24.3 Å². The number of halogens is 1. The van der Waals surface area contributed by atoms with E-state index >= 15 is 0 Å². The number of anilines is 1. The van der Waals surface area contributed by atoms with E-state index in [4.69, 9.17) is 10.5 Å². The highest BCUT2D eigenvalue weighted by Crippen LogP contribution is 2.15. The first-order valence-corrected chi connectivity index (χ1v) is 8.47. The summed E-state index contributed by atoms with van der Waals surface area (Å²) in [6.45, 7) is 1.30. The van der Waals surface area contributed by atoms with E-state index in [0.29, 0.717) is 12.6 Å². The molecule has 0 unspecified atom stereocenters. The molecule has 0 aromatic heterocycles. The Labute approximate surface area is 167 Å². The summed E-state index contributed by atoms with van der Waals surface area (Å²) in [5.41, 5.74) is 9.39. The number of guanidine groups is 1. The summed E-state index contributed by atoms with van der Waals surface area (Å²) in [7, 11) is 1.68. The summed E-state index contributed by atoms with van der Waals surface area (Å²) in [5.74, 6) is 0.460. The summed E-state index contributed by atoms with van der Waals surface area (Å²) < 4.78 is 5.19. The molecule has 5 heteroatoms. The average molecular weight is 453 g/mol. The van der Waals surface area contributed by atoms with Gasteiger partial charge >= 0.3 is 0 Å². The second-order valence-corrected chi connectivity index (χ2v) is 5.78. The Hall–Kier alpha value is -1.60. The van der Waals surface area contributed by atoms with Gasteiger partial charge in [0.2, 0.25) is 0 Å². The number of hydrogen-bond acceptors (Lipinski definition) is 2. The van der Waals surface area contributed by atoms with Gasteiger partial charge in [-0.25, -0.2) is 0 Å². The average Bonchev–Trinajstić information content (AvgIpc) is 2.61. The number of nitrogens with two attached hydrogens (primary N) is 1. The number of aliphatic imine (C=N–C) groups is 1. The maximum Gasteiger partial charge on any atom is 0.193 e. The first-order valence-electron chi connectivity index (χ1n) is 8.47. The summed E-state index contributed by atoms with van der Waals surface area (Å²) in [4.78, 5) is 4.41. The van der Waals surface area contributed by atoms with Crippen LogP contribution in [0.1, 0.15) is 30.4 Å². The lowest BCUT2D eigenvalue weighted by molar-refractivity contribution is 0.185. The fourth-order valence-electron chi connectivity index (χ4n) is 2.56. The van der Waals surface area contributed by atoms with Gasteiger partial charge in [-0.05, 0) is 30.9 Å². The lowest BCUT2D eigenvalue weighted by Crippen LogP contribution is -2.23. The van der Waals surface area contributed by atoms with E-state index in [9.17, 15) is 0 Å². The second kappa shape index (κ2) is 12.7. The highest BCUT2D eigenvalue weighted by Gasteiger charge is 2.02. The zero-order valence-electron chi connectivity index (χ0n) is 14.8. The Morgan fingerprint density at radius 3 is 2.48 bits per heavy atom. The number of nitrogens with zero attached hydrogens (tertiary/aromatic N) is 1. The van der Waals surface area contributed by atoms with Crippen molar-refractivity contribution in [2.45, 2.75) is 32.3 Å². The van der Waals surface area contributed by atoms with Crippen LogP contribution in [-0.2, 0) is 17.8 Å². The molecule has 3 N–H and O–H groups in total. The fraction of sp³-hybridized carbons (Fsp3) is 0.350. The van der Waals surface area contributed by atoms with Crippen LogP contribution in [0.15, 0.2) is 59.6 Å². The van der Waals surface area contributed by atoms with Crippen LogP contribution in [0.5, 0.6) is 0 Å². The largest absolute Gasteiger partial charge is 0.380 e. The summed E-state index contributed by atoms with van der Waals surface area (Å²) in [5, 5.41) is 3.16. The van der Waals surface area contributed by atoms with E-state index < -0.39 is 0 Å². The normalized spacial score (nSPS) is 11.0. The molecule has 0 saturated heterocycles. The van der Waals surface area contributed by atoms with E-state index in [1.165, 1.54) is 12.0 Å². The van der Waals surface area contributed by atoms with Gasteiger partial charge in [-0.15, -0.1) is 24.0 Å². The third-order valence-electron chi connectivity index (χ3n) is 3.83. The van der Waals surface area contributed by atoms with Gasteiger partial charge in [-0.1, -0.05) is 55.0 Å². The standard InChI is InChI=1S/C20H27N3O.HI/c1-24-16-18-13-7-8-14-19(18)23-20(21)22-15-9-3-6-12-17-10-4-2-5-11-17;/h2,4-5,7-8,10-11,13-14H,3,6,9,12,15-16H2,1H3,(H3,21,22,23);1H. The molecular formula is C20H28IN3O. The van der Waals surface area contributed by atoms with Gasteiger partial charge in [0, 0.05) is 24.9 Å². The molecule has 0 amide bonds. The summed E-state index contributed by atoms with van der Waals surface area (Å²) in [6, 6.07) is 18.5. The second-order valence-electron chi connectivity index (χ2n) is 5.78. The monoisotopic (exact) mass is 453 g/mol. The zero-order valence-corrected chi connectivity index (χ0v) is 17.1. The number of hydrogen-bond donors (Lipinski definition) is 2. The molecule has 0 fully saturated rings. The number of aryl methyl sites for hydroxylation is 1. The minimum atomic E-state index is 0. The van der Waals surface area contributed by atoms with Crippen molar-refractivity contribution >= 4 is 35.6 Å². The summed E-state index contributed by atoms with van der Waals surface area (Å²) in [6.07, 6.45) is 4.52. The fourth-order valence-corrected chi connectivity index (χ4v) is 2.56. The Morgan fingerprint density at radius 1 is 1.00 bits per heavy atom. The Balaban J connectivity index is 0.00000312. The van der Waals surface area contributed by atoms with E-state index in [-0.39, 0.29) is 24.0 Å². The number of rotatable bonds is 9. The number of nitrogens with one attached hydrogen (secondary N) is 1. The lowest BCUT2D eigenvalue weighted by atomic mass is 10.1. The minimum Gasteiger partial charge on any atom is -0.380 e. The van der Waals surface area contributed by atoms with Crippen LogP contribution >= 0.6 is 24.0 Å². The molecule has 2 aromatic carbocycles. The molecule has 0 aliphatic carbocycles. The number of ether oxygens (including phenoxy) is 1. The minimum absolute atomic E-state index is 0. The number of methoxy groups -OCH3 is 1. The molecule has 0 radical (unpaired) electrons. The summed E-state index contributed by atoms with van der Waals surface area (Å²) >= 11 is 0. The van der Waals surface area contributed by atoms with Crippen LogP contribution in [0.2, 0.25) is 0 Å². The van der Waals surface area contributed by atoms with E-state index in [1.54, 1.807) is 7.11 Å². The molecule has 2 rings (SSSR count). The number of unbranched alkanes of at least 4 members (excludes halogenated alkanes) is 2.